The SMILES string of the molecule is Cc1cccc(C(=O)N2N=C(c3ccco3)C[C@@H]2c2cccc(C)c2)c1. The first kappa shape index (κ1) is 16.3. The highest BCUT2D eigenvalue weighted by Gasteiger charge is 2.34. The second-order valence-corrected chi connectivity index (χ2v) is 6.68. The maximum atomic E-state index is 13.2. The number of carbonyl (C=O) groups is 1. The number of nitrogens with zero attached hydrogens (tertiary/aromatic N) is 2. The molecule has 1 aliphatic heterocycles. The number of hydrogen-bond acceptors (Lipinski definition) is 3. The average molecular weight is 344 g/mol. The molecule has 0 N–H and O–H groups in total. The van der Waals surface area contributed by atoms with Crippen LogP contribution in [-0.2, 0) is 0 Å². The van der Waals surface area contributed by atoms with Crippen molar-refractivity contribution in [1.82, 2.24) is 5.01 Å². The van der Waals surface area contributed by atoms with E-state index in [9.17, 15) is 4.79 Å². The first-order valence-corrected chi connectivity index (χ1v) is 8.70. The van der Waals surface area contributed by atoms with Crippen molar-refractivity contribution in [3.05, 3.63) is 94.9 Å². The number of furan rings is 1. The molecule has 2 heterocycles. The molecule has 4 rings (SSSR count). The highest BCUT2D eigenvalue weighted by Crippen LogP contribution is 2.34. The van der Waals surface area contributed by atoms with Crippen LogP contribution in [0.5, 0.6) is 0 Å². The minimum absolute atomic E-state index is 0.0956. The smallest absolute Gasteiger partial charge is 0.274 e. The van der Waals surface area contributed by atoms with Crippen LogP contribution in [0, 0.1) is 13.8 Å². The summed E-state index contributed by atoms with van der Waals surface area (Å²) >= 11 is 0. The molecule has 2 aromatic carbocycles. The Morgan fingerprint density at radius 3 is 2.50 bits per heavy atom. The zero-order valence-electron chi connectivity index (χ0n) is 14.8. The van der Waals surface area contributed by atoms with Crippen LogP contribution < -0.4 is 0 Å². The lowest BCUT2D eigenvalue weighted by Gasteiger charge is -2.22. The van der Waals surface area contributed by atoms with Crippen LogP contribution in [0.1, 0.15) is 45.3 Å². The molecule has 130 valence electrons. The molecule has 4 heteroatoms. The van der Waals surface area contributed by atoms with Crippen molar-refractivity contribution < 1.29 is 9.21 Å². The van der Waals surface area contributed by atoms with Crippen LogP contribution in [0.4, 0.5) is 0 Å². The lowest BCUT2D eigenvalue weighted by molar-refractivity contribution is 0.0711. The van der Waals surface area contributed by atoms with Gasteiger partial charge in [-0.3, -0.25) is 4.79 Å². The summed E-state index contributed by atoms with van der Waals surface area (Å²) in [6, 6.07) is 19.4. The van der Waals surface area contributed by atoms with Gasteiger partial charge in [0.2, 0.25) is 0 Å². The van der Waals surface area contributed by atoms with E-state index in [2.05, 4.69) is 30.2 Å². The lowest BCUT2D eigenvalue weighted by atomic mass is 9.99. The second kappa shape index (κ2) is 6.64. The van der Waals surface area contributed by atoms with Gasteiger partial charge in [0.1, 0.15) is 11.5 Å². The van der Waals surface area contributed by atoms with Crippen molar-refractivity contribution in [3.63, 3.8) is 0 Å². The molecule has 1 amide bonds. The maximum absolute atomic E-state index is 13.2. The van der Waals surface area contributed by atoms with E-state index < -0.39 is 0 Å². The summed E-state index contributed by atoms with van der Waals surface area (Å²) in [6.07, 6.45) is 2.26. The maximum Gasteiger partial charge on any atom is 0.274 e. The van der Waals surface area contributed by atoms with Crippen molar-refractivity contribution in [1.29, 1.82) is 0 Å². The standard InChI is InChI=1S/C22H20N2O2/c1-15-6-3-8-17(12-15)20-14-19(21-10-5-11-26-21)23-24(20)22(25)18-9-4-7-16(2)13-18/h3-13,20H,14H2,1-2H3/t20-/m1/s1. The van der Waals surface area contributed by atoms with E-state index >= 15 is 0 Å². The van der Waals surface area contributed by atoms with E-state index in [1.807, 2.05) is 49.4 Å². The number of benzene rings is 2. The average Bonchev–Trinajstić information content (AvgIpc) is 3.30. The van der Waals surface area contributed by atoms with Crippen molar-refractivity contribution in [2.24, 2.45) is 5.10 Å². The molecular weight excluding hydrogens is 324 g/mol. The van der Waals surface area contributed by atoms with Gasteiger partial charge in [-0.25, -0.2) is 5.01 Å². The Morgan fingerprint density at radius 1 is 1.04 bits per heavy atom. The molecule has 0 spiro atoms. The molecule has 0 aliphatic carbocycles. The van der Waals surface area contributed by atoms with E-state index in [-0.39, 0.29) is 11.9 Å². The van der Waals surface area contributed by atoms with Gasteiger partial charge in [-0.15, -0.1) is 0 Å². The van der Waals surface area contributed by atoms with E-state index in [1.54, 1.807) is 11.3 Å². The molecule has 0 unspecified atom stereocenters. The highest BCUT2D eigenvalue weighted by atomic mass is 16.3. The fraction of sp³-hybridized carbons (Fsp3) is 0.182. The van der Waals surface area contributed by atoms with Gasteiger partial charge < -0.3 is 4.42 Å². The van der Waals surface area contributed by atoms with Crippen LogP contribution in [-0.4, -0.2) is 16.6 Å². The molecule has 0 bridgehead atoms. The predicted molar refractivity (Wildman–Crippen MR) is 101 cm³/mol. The monoisotopic (exact) mass is 344 g/mol. The summed E-state index contributed by atoms with van der Waals surface area (Å²) in [5.41, 5.74) is 4.74. The number of rotatable bonds is 3. The van der Waals surface area contributed by atoms with Crippen LogP contribution in [0.2, 0.25) is 0 Å². The van der Waals surface area contributed by atoms with Gasteiger partial charge in [0.15, 0.2) is 0 Å². The summed E-state index contributed by atoms with van der Waals surface area (Å²) < 4.78 is 5.51. The summed E-state index contributed by atoms with van der Waals surface area (Å²) in [6.45, 7) is 4.04. The normalized spacial score (nSPS) is 16.6. The number of amides is 1. The predicted octanol–water partition coefficient (Wildman–Crippen LogP) is 4.89. The van der Waals surface area contributed by atoms with E-state index in [0.717, 1.165) is 22.4 Å². The van der Waals surface area contributed by atoms with Crippen LogP contribution in [0.3, 0.4) is 0 Å². The number of hydrazone groups is 1. The molecule has 0 radical (unpaired) electrons. The van der Waals surface area contributed by atoms with Crippen molar-refractivity contribution >= 4 is 11.6 Å². The van der Waals surface area contributed by atoms with Crippen molar-refractivity contribution in [3.8, 4) is 0 Å². The Hall–Kier alpha value is -3.14. The number of hydrogen-bond donors (Lipinski definition) is 0. The third-order valence-corrected chi connectivity index (χ3v) is 4.62. The van der Waals surface area contributed by atoms with Crippen LogP contribution >= 0.6 is 0 Å². The molecule has 26 heavy (non-hydrogen) atoms. The fourth-order valence-corrected chi connectivity index (χ4v) is 3.34. The molecular formula is C22H20N2O2. The van der Waals surface area contributed by atoms with Gasteiger partial charge >= 0.3 is 0 Å². The van der Waals surface area contributed by atoms with E-state index in [1.165, 1.54) is 0 Å². The minimum atomic E-state index is -0.136. The summed E-state index contributed by atoms with van der Waals surface area (Å²) in [5, 5.41) is 6.23. The quantitative estimate of drug-likeness (QED) is 0.679. The van der Waals surface area contributed by atoms with Crippen LogP contribution in [0.25, 0.3) is 0 Å². The van der Waals surface area contributed by atoms with Gasteiger partial charge in [0, 0.05) is 12.0 Å². The van der Waals surface area contributed by atoms with E-state index in [0.29, 0.717) is 17.7 Å². The topological polar surface area (TPSA) is 45.8 Å². The molecule has 0 saturated carbocycles. The Bertz CT molecular complexity index is 973. The number of aryl methyl sites for hydroxylation is 2. The summed E-state index contributed by atoms with van der Waals surface area (Å²) in [5.74, 6) is 0.615. The van der Waals surface area contributed by atoms with E-state index in [4.69, 9.17) is 4.42 Å². The van der Waals surface area contributed by atoms with Gasteiger partial charge in [-0.05, 0) is 43.7 Å². The van der Waals surface area contributed by atoms with Gasteiger partial charge in [0.05, 0.1) is 12.3 Å². The van der Waals surface area contributed by atoms with Crippen molar-refractivity contribution in [2.45, 2.75) is 26.3 Å². The Morgan fingerprint density at radius 2 is 1.81 bits per heavy atom. The third-order valence-electron chi connectivity index (χ3n) is 4.62. The molecule has 0 saturated heterocycles. The Balaban J connectivity index is 1.74. The first-order chi connectivity index (χ1) is 12.6. The molecule has 4 nitrogen and oxygen atoms in total. The van der Waals surface area contributed by atoms with Crippen molar-refractivity contribution in [2.75, 3.05) is 0 Å². The fourth-order valence-electron chi connectivity index (χ4n) is 3.34. The minimum Gasteiger partial charge on any atom is -0.463 e. The number of carbonyl (C=O) groups excluding carboxylic acids is 1. The lowest BCUT2D eigenvalue weighted by Crippen LogP contribution is -2.27. The molecule has 1 atom stereocenters. The third kappa shape index (κ3) is 3.06. The summed E-state index contributed by atoms with van der Waals surface area (Å²) in [4.78, 5) is 13.2. The molecule has 3 aromatic rings. The molecule has 1 aromatic heterocycles. The highest BCUT2D eigenvalue weighted by molar-refractivity contribution is 6.03. The zero-order chi connectivity index (χ0) is 18.1. The van der Waals surface area contributed by atoms with Gasteiger partial charge in [-0.2, -0.15) is 5.10 Å². The van der Waals surface area contributed by atoms with Crippen LogP contribution in [0.15, 0.2) is 76.4 Å². The second-order valence-electron chi connectivity index (χ2n) is 6.68. The molecule has 0 fully saturated rings. The summed E-state index contributed by atoms with van der Waals surface area (Å²) in [7, 11) is 0. The first-order valence-electron chi connectivity index (χ1n) is 8.70. The Kier molecular flexibility index (Phi) is 4.17. The Labute approximate surface area is 152 Å². The van der Waals surface area contributed by atoms with Gasteiger partial charge in [-0.1, -0.05) is 47.5 Å². The zero-order valence-corrected chi connectivity index (χ0v) is 14.8. The molecule has 1 aliphatic rings. The van der Waals surface area contributed by atoms with Gasteiger partial charge in [0.25, 0.3) is 5.91 Å². The largest absolute Gasteiger partial charge is 0.463 e.